The number of hydrogen-bond donors (Lipinski definition) is 1. The minimum Gasteiger partial charge on any atom is -0.452 e. The van der Waals surface area contributed by atoms with E-state index in [0.717, 1.165) is 0 Å². The van der Waals surface area contributed by atoms with E-state index in [1.165, 1.54) is 6.20 Å². The zero-order valence-electron chi connectivity index (χ0n) is 8.72. The number of hydrogen-bond acceptors (Lipinski definition) is 4. The second-order valence-electron chi connectivity index (χ2n) is 3.25. The normalized spacial score (nSPS) is 9.65. The Morgan fingerprint density at radius 3 is 2.82 bits per heavy atom. The molecule has 0 amide bonds. The van der Waals surface area contributed by atoms with Gasteiger partial charge in [0.25, 0.3) is 0 Å². The van der Waals surface area contributed by atoms with Crippen LogP contribution in [0, 0.1) is 11.3 Å². The Bertz CT molecular complexity index is 593. The third-order valence-corrected chi connectivity index (χ3v) is 2.30. The van der Waals surface area contributed by atoms with Crippen LogP contribution in [0.15, 0.2) is 36.5 Å². The largest absolute Gasteiger partial charge is 0.452 e. The van der Waals surface area contributed by atoms with Crippen LogP contribution in [0.4, 0.5) is 5.69 Å². The van der Waals surface area contributed by atoms with Gasteiger partial charge in [-0.3, -0.25) is 0 Å². The van der Waals surface area contributed by atoms with Gasteiger partial charge in [-0.05, 0) is 30.3 Å². The van der Waals surface area contributed by atoms with Crippen molar-refractivity contribution in [3.05, 3.63) is 47.2 Å². The molecule has 2 aromatic rings. The quantitative estimate of drug-likeness (QED) is 0.826. The standard InChI is InChI=1S/C12H8ClN3O/c13-8-3-4-11(9(15)6-8)17-12-2-1-5-16-10(12)7-14/h1-6H,15H2. The molecular formula is C12H8ClN3O. The third-order valence-electron chi connectivity index (χ3n) is 2.07. The zero-order chi connectivity index (χ0) is 12.3. The summed E-state index contributed by atoms with van der Waals surface area (Å²) in [5.41, 5.74) is 6.37. The van der Waals surface area contributed by atoms with Gasteiger partial charge in [-0.2, -0.15) is 5.26 Å². The van der Waals surface area contributed by atoms with Gasteiger partial charge >= 0.3 is 0 Å². The van der Waals surface area contributed by atoms with E-state index in [4.69, 9.17) is 27.3 Å². The summed E-state index contributed by atoms with van der Waals surface area (Å²) in [4.78, 5) is 3.89. The minimum atomic E-state index is 0.210. The van der Waals surface area contributed by atoms with E-state index in [9.17, 15) is 0 Å². The molecule has 0 radical (unpaired) electrons. The van der Waals surface area contributed by atoms with Crippen molar-refractivity contribution in [3.63, 3.8) is 0 Å². The number of halogens is 1. The van der Waals surface area contributed by atoms with Crippen LogP contribution in [0.3, 0.4) is 0 Å². The lowest BCUT2D eigenvalue weighted by atomic mass is 10.3. The first-order valence-electron chi connectivity index (χ1n) is 4.78. The molecule has 2 N–H and O–H groups in total. The fourth-order valence-corrected chi connectivity index (χ4v) is 1.47. The van der Waals surface area contributed by atoms with Gasteiger partial charge in [0.1, 0.15) is 6.07 Å². The third kappa shape index (κ3) is 2.47. The molecule has 0 aliphatic rings. The van der Waals surface area contributed by atoms with Crippen molar-refractivity contribution < 1.29 is 4.74 Å². The molecule has 1 heterocycles. The number of ether oxygens (including phenoxy) is 1. The predicted octanol–water partition coefficient (Wildman–Crippen LogP) is 2.98. The maximum atomic E-state index is 8.87. The average molecular weight is 246 g/mol. The number of rotatable bonds is 2. The highest BCUT2D eigenvalue weighted by atomic mass is 35.5. The van der Waals surface area contributed by atoms with Gasteiger partial charge in [-0.25, -0.2) is 4.98 Å². The smallest absolute Gasteiger partial charge is 0.183 e. The lowest BCUT2D eigenvalue weighted by Crippen LogP contribution is -1.94. The molecule has 5 heteroatoms. The van der Waals surface area contributed by atoms with Gasteiger partial charge in [-0.15, -0.1) is 0 Å². The molecule has 0 aliphatic carbocycles. The van der Waals surface area contributed by atoms with Crippen LogP contribution < -0.4 is 10.5 Å². The number of pyridine rings is 1. The molecule has 0 aliphatic heterocycles. The molecule has 0 saturated heterocycles. The van der Waals surface area contributed by atoms with Gasteiger partial charge in [0.05, 0.1) is 5.69 Å². The number of anilines is 1. The lowest BCUT2D eigenvalue weighted by molar-refractivity contribution is 0.481. The summed E-state index contributed by atoms with van der Waals surface area (Å²) >= 11 is 5.78. The van der Waals surface area contributed by atoms with Gasteiger partial charge < -0.3 is 10.5 Å². The lowest BCUT2D eigenvalue weighted by Gasteiger charge is -2.08. The fourth-order valence-electron chi connectivity index (χ4n) is 1.29. The first-order chi connectivity index (χ1) is 8.20. The molecule has 0 spiro atoms. The zero-order valence-corrected chi connectivity index (χ0v) is 9.48. The Morgan fingerprint density at radius 2 is 2.12 bits per heavy atom. The summed E-state index contributed by atoms with van der Waals surface area (Å²) in [5.74, 6) is 0.808. The topological polar surface area (TPSA) is 71.9 Å². The molecule has 0 saturated carbocycles. The van der Waals surface area contributed by atoms with E-state index in [1.807, 2.05) is 6.07 Å². The van der Waals surface area contributed by atoms with Crippen LogP contribution in [0.1, 0.15) is 5.69 Å². The first-order valence-corrected chi connectivity index (χ1v) is 5.16. The Hall–Kier alpha value is -2.25. The highest BCUT2D eigenvalue weighted by molar-refractivity contribution is 6.30. The molecule has 0 atom stereocenters. The number of nitrogens with zero attached hydrogens (tertiary/aromatic N) is 2. The predicted molar refractivity (Wildman–Crippen MR) is 64.9 cm³/mol. The van der Waals surface area contributed by atoms with Gasteiger partial charge in [0, 0.05) is 11.2 Å². The molecule has 1 aromatic carbocycles. The van der Waals surface area contributed by atoms with Crippen molar-refractivity contribution >= 4 is 17.3 Å². The van der Waals surface area contributed by atoms with E-state index in [1.54, 1.807) is 30.3 Å². The SMILES string of the molecule is N#Cc1ncccc1Oc1ccc(Cl)cc1N. The molecule has 2 rings (SSSR count). The monoisotopic (exact) mass is 245 g/mol. The van der Waals surface area contributed by atoms with Crippen molar-refractivity contribution in [1.29, 1.82) is 5.26 Å². The molecule has 0 fully saturated rings. The molecule has 4 nitrogen and oxygen atoms in total. The van der Waals surface area contributed by atoms with Crippen LogP contribution >= 0.6 is 11.6 Å². The summed E-state index contributed by atoms with van der Waals surface area (Å²) in [5, 5.41) is 9.39. The van der Waals surface area contributed by atoms with Crippen molar-refractivity contribution in [2.24, 2.45) is 0 Å². The van der Waals surface area contributed by atoms with Crippen LogP contribution in [-0.2, 0) is 0 Å². The van der Waals surface area contributed by atoms with Crippen LogP contribution in [0.25, 0.3) is 0 Å². The van der Waals surface area contributed by atoms with Crippen molar-refractivity contribution in [1.82, 2.24) is 4.98 Å². The van der Waals surface area contributed by atoms with Crippen LogP contribution in [0.2, 0.25) is 5.02 Å². The average Bonchev–Trinajstić information content (AvgIpc) is 2.33. The number of nitrogens with two attached hydrogens (primary N) is 1. The summed E-state index contributed by atoms with van der Waals surface area (Å²) in [7, 11) is 0. The highest BCUT2D eigenvalue weighted by Crippen LogP contribution is 2.30. The van der Waals surface area contributed by atoms with Crippen LogP contribution in [-0.4, -0.2) is 4.98 Å². The molecule has 17 heavy (non-hydrogen) atoms. The second kappa shape index (κ2) is 4.73. The Labute approximate surface area is 103 Å². The Kier molecular flexibility index (Phi) is 3.12. The maximum Gasteiger partial charge on any atom is 0.183 e. The summed E-state index contributed by atoms with van der Waals surface area (Å²) < 4.78 is 5.52. The van der Waals surface area contributed by atoms with Crippen molar-refractivity contribution in [3.8, 4) is 17.6 Å². The summed E-state index contributed by atoms with van der Waals surface area (Å²) in [6, 6.07) is 10.2. The number of nitrogen functional groups attached to an aromatic ring is 1. The van der Waals surface area contributed by atoms with E-state index in [2.05, 4.69) is 4.98 Å². The minimum absolute atomic E-state index is 0.210. The maximum absolute atomic E-state index is 8.87. The molecule has 0 unspecified atom stereocenters. The second-order valence-corrected chi connectivity index (χ2v) is 3.68. The summed E-state index contributed by atoms with van der Waals surface area (Å²) in [6.45, 7) is 0. The first kappa shape index (κ1) is 11.2. The molecule has 0 bridgehead atoms. The molecule has 1 aromatic heterocycles. The number of benzene rings is 1. The van der Waals surface area contributed by atoms with Gasteiger partial charge in [-0.1, -0.05) is 11.6 Å². The van der Waals surface area contributed by atoms with Crippen molar-refractivity contribution in [2.75, 3.05) is 5.73 Å². The van der Waals surface area contributed by atoms with E-state index >= 15 is 0 Å². The van der Waals surface area contributed by atoms with Crippen LogP contribution in [0.5, 0.6) is 11.5 Å². The summed E-state index contributed by atoms with van der Waals surface area (Å²) in [6.07, 6.45) is 1.52. The number of aromatic nitrogens is 1. The number of nitriles is 1. The Balaban J connectivity index is 2.35. The van der Waals surface area contributed by atoms with E-state index in [0.29, 0.717) is 22.2 Å². The fraction of sp³-hybridized carbons (Fsp3) is 0. The van der Waals surface area contributed by atoms with E-state index < -0.39 is 0 Å². The Morgan fingerprint density at radius 1 is 1.29 bits per heavy atom. The van der Waals surface area contributed by atoms with Gasteiger partial charge in [0.2, 0.25) is 0 Å². The van der Waals surface area contributed by atoms with Crippen molar-refractivity contribution in [2.45, 2.75) is 0 Å². The molecular weight excluding hydrogens is 238 g/mol. The van der Waals surface area contributed by atoms with Gasteiger partial charge in [0.15, 0.2) is 17.2 Å². The highest BCUT2D eigenvalue weighted by Gasteiger charge is 2.07. The van der Waals surface area contributed by atoms with E-state index in [-0.39, 0.29) is 5.69 Å². The molecule has 84 valence electrons.